The molecule has 0 aliphatic carbocycles. The van der Waals surface area contributed by atoms with Gasteiger partial charge in [0.2, 0.25) is 5.91 Å². The summed E-state index contributed by atoms with van der Waals surface area (Å²) in [5, 5.41) is 6.23. The Morgan fingerprint density at radius 3 is 2.44 bits per heavy atom. The highest BCUT2D eigenvalue weighted by Crippen LogP contribution is 2.27. The van der Waals surface area contributed by atoms with Crippen molar-refractivity contribution in [2.45, 2.75) is 19.9 Å². The third kappa shape index (κ3) is 5.98. The van der Waals surface area contributed by atoms with Crippen molar-refractivity contribution in [2.24, 2.45) is 0 Å². The molecular formula is C23H21Cl4N5O2. The second-order valence-corrected chi connectivity index (χ2v) is 7.94. The zero-order chi connectivity index (χ0) is 22.7. The van der Waals surface area contributed by atoms with Crippen molar-refractivity contribution in [1.29, 1.82) is 0 Å². The molecule has 4 rings (SSSR count). The van der Waals surface area contributed by atoms with Crippen LogP contribution in [0.2, 0.25) is 10.0 Å². The lowest BCUT2D eigenvalue weighted by molar-refractivity contribution is -0.120. The Bertz CT molecular complexity index is 1290. The second-order valence-electron chi connectivity index (χ2n) is 7.12. The van der Waals surface area contributed by atoms with Crippen LogP contribution in [-0.4, -0.2) is 26.2 Å². The minimum atomic E-state index is -0.440. The van der Waals surface area contributed by atoms with Gasteiger partial charge in [0, 0.05) is 25.1 Å². The number of aromatic nitrogens is 3. The molecule has 0 aliphatic heterocycles. The molecule has 0 atom stereocenters. The molecule has 0 radical (unpaired) electrons. The van der Waals surface area contributed by atoms with Gasteiger partial charge in [0.1, 0.15) is 0 Å². The zero-order valence-electron chi connectivity index (χ0n) is 17.9. The maximum absolute atomic E-state index is 12.8. The number of pyridine rings is 2. The Kier molecular flexibility index (Phi) is 9.70. The van der Waals surface area contributed by atoms with Crippen LogP contribution in [0, 0.1) is 6.92 Å². The van der Waals surface area contributed by atoms with Gasteiger partial charge in [-0.2, -0.15) is 0 Å². The number of anilines is 1. The van der Waals surface area contributed by atoms with E-state index in [2.05, 4.69) is 20.6 Å². The largest absolute Gasteiger partial charge is 0.352 e. The number of amides is 2. The van der Waals surface area contributed by atoms with E-state index in [-0.39, 0.29) is 52.8 Å². The third-order valence-corrected chi connectivity index (χ3v) is 5.56. The average Bonchev–Trinajstić information content (AvgIpc) is 3.09. The van der Waals surface area contributed by atoms with Gasteiger partial charge in [-0.15, -0.1) is 24.8 Å². The van der Waals surface area contributed by atoms with Crippen LogP contribution >= 0.6 is 48.0 Å². The fraction of sp³-hybridized carbons (Fsp3) is 0.130. The van der Waals surface area contributed by atoms with E-state index in [9.17, 15) is 9.59 Å². The molecule has 0 fully saturated rings. The molecule has 34 heavy (non-hydrogen) atoms. The van der Waals surface area contributed by atoms with Crippen LogP contribution in [-0.2, 0) is 17.8 Å². The van der Waals surface area contributed by atoms with Crippen molar-refractivity contribution >= 4 is 71.2 Å². The number of hydrogen-bond acceptors (Lipinski definition) is 4. The molecule has 0 saturated carbocycles. The van der Waals surface area contributed by atoms with E-state index in [0.29, 0.717) is 23.6 Å². The fourth-order valence-electron chi connectivity index (χ4n) is 3.36. The van der Waals surface area contributed by atoms with Crippen LogP contribution in [0.5, 0.6) is 0 Å². The quantitative estimate of drug-likeness (QED) is 0.347. The lowest BCUT2D eigenvalue weighted by Crippen LogP contribution is -2.25. The Labute approximate surface area is 218 Å². The first kappa shape index (κ1) is 27.4. The molecule has 3 aromatic heterocycles. The number of carbonyl (C=O) groups excluding carboxylic acids is 2. The van der Waals surface area contributed by atoms with Crippen LogP contribution in [0.3, 0.4) is 0 Å². The number of fused-ring (bicyclic) bond motifs is 1. The maximum Gasteiger partial charge on any atom is 0.258 e. The number of halogens is 4. The SMILES string of the molecule is Cc1nc2c(NC(=O)c3c(Cl)cccc3Cl)cccn2c1CC(=O)NCc1cccnc1.Cl.Cl. The molecule has 7 nitrogen and oxygen atoms in total. The van der Waals surface area contributed by atoms with E-state index < -0.39 is 5.91 Å². The summed E-state index contributed by atoms with van der Waals surface area (Å²) in [7, 11) is 0. The molecule has 0 aliphatic rings. The number of imidazole rings is 1. The molecule has 4 aromatic rings. The monoisotopic (exact) mass is 539 g/mol. The van der Waals surface area contributed by atoms with Crippen molar-refractivity contribution in [1.82, 2.24) is 19.7 Å². The first-order valence-corrected chi connectivity index (χ1v) is 10.6. The van der Waals surface area contributed by atoms with E-state index >= 15 is 0 Å². The van der Waals surface area contributed by atoms with Gasteiger partial charge in [-0.25, -0.2) is 4.98 Å². The first-order chi connectivity index (χ1) is 15.4. The molecule has 0 bridgehead atoms. The number of nitrogens with zero attached hydrogens (tertiary/aromatic N) is 3. The Morgan fingerprint density at radius 1 is 1.03 bits per heavy atom. The predicted molar refractivity (Wildman–Crippen MR) is 139 cm³/mol. The first-order valence-electron chi connectivity index (χ1n) is 9.81. The van der Waals surface area contributed by atoms with Gasteiger partial charge < -0.3 is 15.0 Å². The minimum Gasteiger partial charge on any atom is -0.352 e. The number of hydrogen-bond donors (Lipinski definition) is 2. The molecule has 0 spiro atoms. The topological polar surface area (TPSA) is 88.4 Å². The summed E-state index contributed by atoms with van der Waals surface area (Å²) >= 11 is 12.3. The average molecular weight is 541 g/mol. The molecule has 11 heteroatoms. The van der Waals surface area contributed by atoms with Crippen molar-refractivity contribution in [2.75, 3.05) is 5.32 Å². The molecule has 1 aromatic carbocycles. The van der Waals surface area contributed by atoms with Crippen LogP contribution in [0.25, 0.3) is 5.65 Å². The van der Waals surface area contributed by atoms with Crippen molar-refractivity contribution in [3.8, 4) is 0 Å². The summed E-state index contributed by atoms with van der Waals surface area (Å²) in [6.07, 6.45) is 5.33. The molecule has 0 unspecified atom stereocenters. The van der Waals surface area contributed by atoms with Crippen molar-refractivity contribution < 1.29 is 9.59 Å². The molecule has 2 amide bonds. The summed E-state index contributed by atoms with van der Waals surface area (Å²) in [6, 6.07) is 12.1. The van der Waals surface area contributed by atoms with E-state index in [1.54, 1.807) is 53.3 Å². The van der Waals surface area contributed by atoms with Gasteiger partial charge in [0.15, 0.2) is 5.65 Å². The van der Waals surface area contributed by atoms with Gasteiger partial charge in [0.25, 0.3) is 5.91 Å². The van der Waals surface area contributed by atoms with Gasteiger partial charge in [-0.3, -0.25) is 14.6 Å². The third-order valence-electron chi connectivity index (χ3n) is 4.93. The highest BCUT2D eigenvalue weighted by atomic mass is 35.5. The molecule has 3 heterocycles. The fourth-order valence-corrected chi connectivity index (χ4v) is 3.93. The van der Waals surface area contributed by atoms with Gasteiger partial charge in [-0.05, 0) is 42.8 Å². The molecular weight excluding hydrogens is 520 g/mol. The second kappa shape index (κ2) is 12.0. The van der Waals surface area contributed by atoms with Gasteiger partial charge in [-0.1, -0.05) is 35.3 Å². The summed E-state index contributed by atoms with van der Waals surface area (Å²) in [6.45, 7) is 2.22. The molecule has 2 N–H and O–H groups in total. The van der Waals surface area contributed by atoms with Crippen LogP contribution in [0.4, 0.5) is 5.69 Å². The molecule has 178 valence electrons. The Balaban J connectivity index is 0.00000204. The number of nitrogens with one attached hydrogen (secondary N) is 2. The van der Waals surface area contributed by atoms with Crippen LogP contribution in [0.15, 0.2) is 61.1 Å². The number of rotatable bonds is 6. The summed E-state index contributed by atoms with van der Waals surface area (Å²) in [4.78, 5) is 33.9. The summed E-state index contributed by atoms with van der Waals surface area (Å²) in [5.74, 6) is -0.582. The lowest BCUT2D eigenvalue weighted by atomic mass is 10.2. The van der Waals surface area contributed by atoms with Crippen molar-refractivity contribution in [3.63, 3.8) is 0 Å². The summed E-state index contributed by atoms with van der Waals surface area (Å²) in [5.41, 5.74) is 3.54. The highest BCUT2D eigenvalue weighted by molar-refractivity contribution is 6.40. The minimum absolute atomic E-state index is 0. The zero-order valence-corrected chi connectivity index (χ0v) is 21.1. The van der Waals surface area contributed by atoms with Gasteiger partial charge in [0.05, 0.1) is 39.1 Å². The van der Waals surface area contributed by atoms with Crippen molar-refractivity contribution in [3.05, 3.63) is 93.6 Å². The number of benzene rings is 1. The van der Waals surface area contributed by atoms with Gasteiger partial charge >= 0.3 is 0 Å². The Morgan fingerprint density at radius 2 is 1.76 bits per heavy atom. The maximum atomic E-state index is 12.8. The van der Waals surface area contributed by atoms with E-state index in [4.69, 9.17) is 23.2 Å². The summed E-state index contributed by atoms with van der Waals surface area (Å²) < 4.78 is 1.79. The number of aryl methyl sites for hydroxylation is 1. The van der Waals surface area contributed by atoms with Crippen LogP contribution < -0.4 is 10.6 Å². The lowest BCUT2D eigenvalue weighted by Gasteiger charge is -2.10. The number of carbonyl (C=O) groups is 2. The highest BCUT2D eigenvalue weighted by Gasteiger charge is 2.19. The van der Waals surface area contributed by atoms with E-state index in [1.165, 1.54) is 0 Å². The standard InChI is InChI=1S/C23H19Cl2N5O2.2ClH/c1-14-19(11-20(31)27-13-15-5-3-9-26-12-15)30-10-4-8-18(22(30)28-14)29-23(32)21-16(24)6-2-7-17(21)25;;/h2-10,12H,11,13H2,1H3,(H,27,31)(H,29,32);2*1H. The van der Waals surface area contributed by atoms with Crippen LogP contribution in [0.1, 0.15) is 27.3 Å². The normalized spacial score (nSPS) is 10.2. The smallest absolute Gasteiger partial charge is 0.258 e. The van der Waals surface area contributed by atoms with E-state index in [1.807, 2.05) is 19.1 Å². The van der Waals surface area contributed by atoms with E-state index in [0.717, 1.165) is 11.3 Å². The predicted octanol–water partition coefficient (Wildman–Crippen LogP) is 5.30. The Hall–Kier alpha value is -2.84. The molecule has 0 saturated heterocycles.